The number of hydrogen-bond donors (Lipinski definition) is 1. The molecule has 0 saturated heterocycles. The average Bonchev–Trinajstić information content (AvgIpc) is 2.45. The van der Waals surface area contributed by atoms with Gasteiger partial charge in [0.15, 0.2) is 0 Å². The van der Waals surface area contributed by atoms with Gasteiger partial charge in [0.05, 0.1) is 30.6 Å². The summed E-state index contributed by atoms with van der Waals surface area (Å²) < 4.78 is 6.51. The molecule has 0 radical (unpaired) electrons. The Kier molecular flexibility index (Phi) is 5.61. The Morgan fingerprint density at radius 3 is 2.81 bits per heavy atom. The smallest absolute Gasteiger partial charge is 0.339 e. The number of nitrogens with zero attached hydrogens (tertiary/aromatic N) is 1. The Balaban J connectivity index is 2.23. The third-order valence-electron chi connectivity index (χ3n) is 2.72. The Labute approximate surface area is 144 Å². The topological polar surface area (TPSA) is 51.2 Å². The first-order valence-electron chi connectivity index (χ1n) is 5.93. The predicted molar refractivity (Wildman–Crippen MR) is 89.8 cm³/mol. The molecule has 4 nitrogen and oxygen atoms in total. The van der Waals surface area contributed by atoms with Crippen molar-refractivity contribution in [3.05, 3.63) is 55.7 Å². The molecule has 2 aromatic rings. The van der Waals surface area contributed by atoms with E-state index in [1.807, 2.05) is 6.07 Å². The van der Waals surface area contributed by atoms with Crippen LogP contribution in [0.3, 0.4) is 0 Å². The molecule has 0 bridgehead atoms. The maximum atomic E-state index is 11.7. The monoisotopic (exact) mass is 432 g/mol. The van der Waals surface area contributed by atoms with Gasteiger partial charge in [0.2, 0.25) is 0 Å². The van der Waals surface area contributed by atoms with Crippen molar-refractivity contribution < 1.29 is 9.53 Å². The zero-order valence-electron chi connectivity index (χ0n) is 11.0. The van der Waals surface area contributed by atoms with Gasteiger partial charge in [-0.3, -0.25) is 4.98 Å². The van der Waals surface area contributed by atoms with Crippen LogP contribution in [0.15, 0.2) is 39.4 Å². The minimum absolute atomic E-state index is 0.419. The number of nitrogens with one attached hydrogen (secondary N) is 1. The van der Waals surface area contributed by atoms with Crippen molar-refractivity contribution in [1.29, 1.82) is 0 Å². The van der Waals surface area contributed by atoms with Crippen molar-refractivity contribution in [3.63, 3.8) is 0 Å². The van der Waals surface area contributed by atoms with E-state index in [2.05, 4.69) is 42.2 Å². The van der Waals surface area contributed by atoms with Gasteiger partial charge in [-0.2, -0.15) is 0 Å². The van der Waals surface area contributed by atoms with E-state index in [0.717, 1.165) is 14.6 Å². The first-order valence-corrected chi connectivity index (χ1v) is 7.89. The first kappa shape index (κ1) is 16.3. The summed E-state index contributed by atoms with van der Waals surface area (Å²) in [5.74, 6) is -0.419. The zero-order valence-corrected chi connectivity index (χ0v) is 14.9. The zero-order chi connectivity index (χ0) is 15.4. The van der Waals surface area contributed by atoms with Crippen molar-refractivity contribution in [3.8, 4) is 0 Å². The SMILES string of the molecule is COC(=O)c1ccc(Cl)cc1NCc1ncc(Br)cc1Br. The lowest BCUT2D eigenvalue weighted by molar-refractivity contribution is 0.0602. The van der Waals surface area contributed by atoms with E-state index in [1.54, 1.807) is 24.4 Å². The van der Waals surface area contributed by atoms with Crippen LogP contribution in [0.4, 0.5) is 5.69 Å². The molecule has 1 N–H and O–H groups in total. The molecule has 2 rings (SSSR count). The Bertz CT molecular complexity index is 680. The Morgan fingerprint density at radius 1 is 1.38 bits per heavy atom. The number of ether oxygens (including phenoxy) is 1. The molecule has 1 heterocycles. The minimum Gasteiger partial charge on any atom is -0.465 e. The van der Waals surface area contributed by atoms with Gasteiger partial charge in [0, 0.05) is 20.2 Å². The van der Waals surface area contributed by atoms with E-state index in [-0.39, 0.29) is 0 Å². The lowest BCUT2D eigenvalue weighted by Gasteiger charge is -2.12. The normalized spacial score (nSPS) is 10.3. The molecule has 0 saturated carbocycles. The van der Waals surface area contributed by atoms with Crippen LogP contribution >= 0.6 is 43.5 Å². The van der Waals surface area contributed by atoms with Crippen molar-refractivity contribution in [2.75, 3.05) is 12.4 Å². The number of carbonyl (C=O) groups excluding carboxylic acids is 1. The van der Waals surface area contributed by atoms with Crippen LogP contribution in [0.5, 0.6) is 0 Å². The Morgan fingerprint density at radius 2 is 2.14 bits per heavy atom. The number of pyridine rings is 1. The standard InChI is InChI=1S/C14H11Br2ClN2O2/c1-21-14(20)10-3-2-9(17)5-12(10)19-7-13-11(16)4-8(15)6-18-13/h2-6,19H,7H2,1H3. The second-order valence-corrected chi connectivity index (χ2v) is 6.32. The van der Waals surface area contributed by atoms with Crippen molar-refractivity contribution in [1.82, 2.24) is 4.98 Å². The van der Waals surface area contributed by atoms with Gasteiger partial charge < -0.3 is 10.1 Å². The molecule has 1 aromatic carbocycles. The second-order valence-electron chi connectivity index (χ2n) is 4.12. The average molecular weight is 435 g/mol. The highest BCUT2D eigenvalue weighted by atomic mass is 79.9. The van der Waals surface area contributed by atoms with Gasteiger partial charge in [-0.25, -0.2) is 4.79 Å². The summed E-state index contributed by atoms with van der Waals surface area (Å²) in [5.41, 5.74) is 1.84. The van der Waals surface area contributed by atoms with Crippen LogP contribution in [0.1, 0.15) is 16.1 Å². The van der Waals surface area contributed by atoms with Crippen LogP contribution in [0.2, 0.25) is 5.02 Å². The van der Waals surface area contributed by atoms with Gasteiger partial charge in [0.1, 0.15) is 0 Å². The van der Waals surface area contributed by atoms with E-state index in [0.29, 0.717) is 22.8 Å². The number of aromatic nitrogens is 1. The molecule has 21 heavy (non-hydrogen) atoms. The molecule has 0 aliphatic carbocycles. The van der Waals surface area contributed by atoms with Crippen molar-refractivity contribution in [2.24, 2.45) is 0 Å². The molecule has 7 heteroatoms. The first-order chi connectivity index (χ1) is 10.0. The third-order valence-corrected chi connectivity index (χ3v) is 4.07. The lowest BCUT2D eigenvalue weighted by atomic mass is 10.1. The fourth-order valence-electron chi connectivity index (χ4n) is 1.70. The highest BCUT2D eigenvalue weighted by molar-refractivity contribution is 9.11. The number of benzene rings is 1. The third kappa shape index (κ3) is 4.18. The summed E-state index contributed by atoms with van der Waals surface area (Å²) in [7, 11) is 1.34. The van der Waals surface area contributed by atoms with Crippen LogP contribution in [-0.4, -0.2) is 18.1 Å². The van der Waals surface area contributed by atoms with Gasteiger partial charge in [-0.05, 0) is 56.1 Å². The molecule has 1 aromatic heterocycles. The molecule has 0 fully saturated rings. The molecule has 110 valence electrons. The maximum absolute atomic E-state index is 11.7. The van der Waals surface area contributed by atoms with E-state index in [4.69, 9.17) is 16.3 Å². The number of rotatable bonds is 4. The molecule has 0 aliphatic heterocycles. The van der Waals surface area contributed by atoms with Gasteiger partial charge in [-0.15, -0.1) is 0 Å². The summed E-state index contributed by atoms with van der Waals surface area (Å²) in [6.45, 7) is 0.443. The summed E-state index contributed by atoms with van der Waals surface area (Å²) in [5, 5.41) is 3.69. The summed E-state index contributed by atoms with van der Waals surface area (Å²) >= 11 is 12.8. The maximum Gasteiger partial charge on any atom is 0.339 e. The largest absolute Gasteiger partial charge is 0.465 e. The van der Waals surface area contributed by atoms with Crippen LogP contribution in [0, 0.1) is 0 Å². The van der Waals surface area contributed by atoms with Crippen molar-refractivity contribution in [2.45, 2.75) is 6.54 Å². The number of carbonyl (C=O) groups is 1. The summed E-state index contributed by atoms with van der Waals surface area (Å²) in [6.07, 6.45) is 1.71. The lowest BCUT2D eigenvalue weighted by Crippen LogP contribution is -2.09. The van der Waals surface area contributed by atoms with Crippen molar-refractivity contribution >= 4 is 55.1 Å². The molecule has 0 aliphatic rings. The molecule has 0 unspecified atom stereocenters. The highest BCUT2D eigenvalue weighted by Gasteiger charge is 2.13. The minimum atomic E-state index is -0.419. The van der Waals surface area contributed by atoms with E-state index >= 15 is 0 Å². The van der Waals surface area contributed by atoms with Crippen LogP contribution in [0.25, 0.3) is 0 Å². The molecular weight excluding hydrogens is 423 g/mol. The van der Waals surface area contributed by atoms with Crippen LogP contribution in [-0.2, 0) is 11.3 Å². The van der Waals surface area contributed by atoms with E-state index < -0.39 is 5.97 Å². The van der Waals surface area contributed by atoms with Gasteiger partial charge in [0.25, 0.3) is 0 Å². The number of methoxy groups -OCH3 is 1. The van der Waals surface area contributed by atoms with Gasteiger partial charge >= 0.3 is 5.97 Å². The number of halogens is 3. The summed E-state index contributed by atoms with van der Waals surface area (Å²) in [6, 6.07) is 6.86. The fraction of sp³-hybridized carbons (Fsp3) is 0.143. The number of anilines is 1. The fourth-order valence-corrected chi connectivity index (χ4v) is 3.00. The van der Waals surface area contributed by atoms with E-state index in [9.17, 15) is 4.79 Å². The quantitative estimate of drug-likeness (QED) is 0.712. The second kappa shape index (κ2) is 7.24. The molecule has 0 spiro atoms. The highest BCUT2D eigenvalue weighted by Crippen LogP contribution is 2.24. The van der Waals surface area contributed by atoms with Crippen LogP contribution < -0.4 is 5.32 Å². The van der Waals surface area contributed by atoms with E-state index in [1.165, 1.54) is 7.11 Å². The van der Waals surface area contributed by atoms with Gasteiger partial charge in [-0.1, -0.05) is 11.6 Å². The number of esters is 1. The Hall–Kier alpha value is -1.11. The number of hydrogen-bond acceptors (Lipinski definition) is 4. The summed E-state index contributed by atoms with van der Waals surface area (Å²) in [4.78, 5) is 16.0. The molecule has 0 amide bonds. The molecular formula is C14H11Br2ClN2O2. The molecule has 0 atom stereocenters. The predicted octanol–water partition coefficient (Wildman–Crippen LogP) is 4.66.